The predicted octanol–water partition coefficient (Wildman–Crippen LogP) is 3.70. The number of hydrazone groups is 1. The van der Waals surface area contributed by atoms with Crippen LogP contribution in [0.4, 0.5) is 11.4 Å². The Morgan fingerprint density at radius 1 is 0.975 bits per heavy atom. The number of hydrogen-bond donors (Lipinski definition) is 2. The molecule has 1 unspecified atom stereocenters. The van der Waals surface area contributed by atoms with Gasteiger partial charge in [0.1, 0.15) is 17.5 Å². The average molecular weight is 568 g/mol. The summed E-state index contributed by atoms with van der Waals surface area (Å²) in [5.74, 6) is 0.108. The normalized spacial score (nSPS) is 11.4. The first kappa shape index (κ1) is 29.6. The molecular formula is C26H25N5O8S. The van der Waals surface area contributed by atoms with Gasteiger partial charge in [0, 0.05) is 35.3 Å². The van der Waals surface area contributed by atoms with Crippen molar-refractivity contribution in [2.24, 2.45) is 5.10 Å². The summed E-state index contributed by atoms with van der Waals surface area (Å²) in [7, 11) is 2.98. The summed E-state index contributed by atoms with van der Waals surface area (Å²) in [6, 6.07) is 15.9. The lowest BCUT2D eigenvalue weighted by molar-refractivity contribution is -0.394. The molecule has 0 radical (unpaired) electrons. The standard InChI is InChI=1S/C26H25N5O8S/c1-38-22-9-8-18(24(13-22)39-2)14-27-29-26(33)23(16-40-15-17-6-4-3-5-7-17)28-25(32)19-10-20(30(34)35)12-21(11-19)31(36)37/h3-14,23H,15-16H2,1-2H3,(H,28,32)(H,29,33)/b27-14+. The van der Waals surface area contributed by atoms with Crippen LogP contribution in [0, 0.1) is 20.2 Å². The number of benzene rings is 3. The highest BCUT2D eigenvalue weighted by molar-refractivity contribution is 7.98. The van der Waals surface area contributed by atoms with Crippen LogP contribution in [0.2, 0.25) is 0 Å². The maximum absolute atomic E-state index is 13.0. The molecular weight excluding hydrogens is 542 g/mol. The molecule has 208 valence electrons. The molecule has 13 nitrogen and oxygen atoms in total. The first-order valence-electron chi connectivity index (χ1n) is 11.6. The number of nitro groups is 2. The highest BCUT2D eigenvalue weighted by atomic mass is 32.2. The van der Waals surface area contributed by atoms with Gasteiger partial charge in [0.05, 0.1) is 41.9 Å². The second-order valence-corrected chi connectivity index (χ2v) is 9.15. The lowest BCUT2D eigenvalue weighted by atomic mass is 10.1. The molecule has 0 aliphatic rings. The van der Waals surface area contributed by atoms with Gasteiger partial charge in [-0.25, -0.2) is 5.43 Å². The number of nitro benzene ring substituents is 2. The summed E-state index contributed by atoms with van der Waals surface area (Å²) in [6.07, 6.45) is 1.36. The molecule has 1 atom stereocenters. The van der Waals surface area contributed by atoms with E-state index in [9.17, 15) is 29.8 Å². The number of amides is 2. The van der Waals surface area contributed by atoms with E-state index in [0.717, 1.165) is 23.8 Å². The van der Waals surface area contributed by atoms with Crippen molar-refractivity contribution in [1.29, 1.82) is 0 Å². The Hall–Kier alpha value is -4.98. The molecule has 0 aliphatic heterocycles. The fourth-order valence-electron chi connectivity index (χ4n) is 3.40. The molecule has 0 saturated carbocycles. The third-order valence-electron chi connectivity index (χ3n) is 5.42. The molecule has 0 aliphatic carbocycles. The second kappa shape index (κ2) is 14.2. The van der Waals surface area contributed by atoms with Crippen LogP contribution in [-0.2, 0) is 10.5 Å². The summed E-state index contributed by atoms with van der Waals surface area (Å²) in [6.45, 7) is 0. The summed E-state index contributed by atoms with van der Waals surface area (Å²) >= 11 is 1.36. The summed E-state index contributed by atoms with van der Waals surface area (Å²) in [5, 5.41) is 28.9. The van der Waals surface area contributed by atoms with Crippen LogP contribution >= 0.6 is 11.8 Å². The Morgan fingerprint density at radius 2 is 1.65 bits per heavy atom. The van der Waals surface area contributed by atoms with Crippen LogP contribution in [0.1, 0.15) is 21.5 Å². The summed E-state index contributed by atoms with van der Waals surface area (Å²) in [4.78, 5) is 46.8. The predicted molar refractivity (Wildman–Crippen MR) is 149 cm³/mol. The smallest absolute Gasteiger partial charge is 0.277 e. The zero-order chi connectivity index (χ0) is 29.1. The van der Waals surface area contributed by atoms with Gasteiger partial charge in [0.15, 0.2) is 0 Å². The summed E-state index contributed by atoms with van der Waals surface area (Å²) in [5.41, 5.74) is 2.33. The van der Waals surface area contributed by atoms with Crippen LogP contribution in [0.3, 0.4) is 0 Å². The molecule has 0 spiro atoms. The molecule has 0 fully saturated rings. The van der Waals surface area contributed by atoms with Gasteiger partial charge in [-0.3, -0.25) is 29.8 Å². The Balaban J connectivity index is 1.78. The minimum atomic E-state index is -1.13. The zero-order valence-corrected chi connectivity index (χ0v) is 22.3. The van der Waals surface area contributed by atoms with E-state index in [4.69, 9.17) is 9.47 Å². The minimum absolute atomic E-state index is 0.116. The van der Waals surface area contributed by atoms with Gasteiger partial charge < -0.3 is 14.8 Å². The SMILES string of the molecule is COc1ccc(/C=N/NC(=O)C(CSCc2ccccc2)NC(=O)c2cc([N+](=O)[O-])cc([N+](=O)[O-])c2)c(OC)c1. The maximum atomic E-state index is 13.0. The topological polar surface area (TPSA) is 175 Å². The van der Waals surface area contributed by atoms with E-state index in [0.29, 0.717) is 22.8 Å². The van der Waals surface area contributed by atoms with E-state index in [2.05, 4.69) is 15.8 Å². The summed E-state index contributed by atoms with van der Waals surface area (Å²) < 4.78 is 10.5. The third kappa shape index (κ3) is 8.26. The van der Waals surface area contributed by atoms with Crippen molar-refractivity contribution in [3.05, 3.63) is 104 Å². The molecule has 0 bridgehead atoms. The molecule has 40 heavy (non-hydrogen) atoms. The van der Waals surface area contributed by atoms with Crippen LogP contribution in [0.15, 0.2) is 71.8 Å². The van der Waals surface area contributed by atoms with Crippen molar-refractivity contribution >= 4 is 41.2 Å². The number of non-ortho nitro benzene ring substituents is 2. The van der Waals surface area contributed by atoms with Gasteiger partial charge in [-0.05, 0) is 17.7 Å². The number of hydrogen-bond acceptors (Lipinski definition) is 10. The van der Waals surface area contributed by atoms with Crippen LogP contribution < -0.4 is 20.2 Å². The molecule has 0 aromatic heterocycles. The number of nitrogens with zero attached hydrogens (tertiary/aromatic N) is 3. The van der Waals surface area contributed by atoms with Gasteiger partial charge in [-0.2, -0.15) is 16.9 Å². The Labute approximate surface area is 232 Å². The van der Waals surface area contributed by atoms with Gasteiger partial charge in [-0.1, -0.05) is 30.3 Å². The molecule has 3 aromatic rings. The lowest BCUT2D eigenvalue weighted by Gasteiger charge is -2.17. The Bertz CT molecular complexity index is 1390. The van der Waals surface area contributed by atoms with E-state index >= 15 is 0 Å². The average Bonchev–Trinajstić information content (AvgIpc) is 2.96. The highest BCUT2D eigenvalue weighted by Crippen LogP contribution is 2.24. The zero-order valence-electron chi connectivity index (χ0n) is 21.4. The maximum Gasteiger partial charge on any atom is 0.277 e. The largest absolute Gasteiger partial charge is 0.497 e. The Kier molecular flexibility index (Phi) is 10.5. The van der Waals surface area contributed by atoms with Crippen molar-refractivity contribution < 1.29 is 28.9 Å². The first-order valence-corrected chi connectivity index (χ1v) is 12.8. The minimum Gasteiger partial charge on any atom is -0.497 e. The monoisotopic (exact) mass is 567 g/mol. The quantitative estimate of drug-likeness (QED) is 0.177. The van der Waals surface area contributed by atoms with Crippen LogP contribution in [0.25, 0.3) is 0 Å². The fraction of sp³-hybridized carbons (Fsp3) is 0.192. The van der Waals surface area contributed by atoms with E-state index in [1.165, 1.54) is 32.2 Å². The second-order valence-electron chi connectivity index (χ2n) is 8.12. The van der Waals surface area contributed by atoms with Gasteiger partial charge in [0.2, 0.25) is 0 Å². The Morgan fingerprint density at radius 3 is 2.25 bits per heavy atom. The number of methoxy groups -OCH3 is 2. The van der Waals surface area contributed by atoms with Gasteiger partial charge in [-0.15, -0.1) is 0 Å². The molecule has 14 heteroatoms. The number of nitrogens with one attached hydrogen (secondary N) is 2. The van der Waals surface area contributed by atoms with E-state index in [1.54, 1.807) is 18.2 Å². The van der Waals surface area contributed by atoms with Gasteiger partial charge in [0.25, 0.3) is 23.2 Å². The number of thioether (sulfide) groups is 1. The molecule has 3 aromatic carbocycles. The molecule has 3 rings (SSSR count). The fourth-order valence-corrected chi connectivity index (χ4v) is 4.42. The van der Waals surface area contributed by atoms with Crippen LogP contribution in [0.5, 0.6) is 11.5 Å². The van der Waals surface area contributed by atoms with Gasteiger partial charge >= 0.3 is 0 Å². The third-order valence-corrected chi connectivity index (χ3v) is 6.53. The van der Waals surface area contributed by atoms with E-state index in [1.807, 2.05) is 30.3 Å². The number of rotatable bonds is 13. The number of carbonyl (C=O) groups excluding carboxylic acids is 2. The number of ether oxygens (including phenoxy) is 2. The van der Waals surface area contributed by atoms with E-state index in [-0.39, 0.29) is 11.3 Å². The molecule has 0 saturated heterocycles. The van der Waals surface area contributed by atoms with E-state index < -0.39 is 39.1 Å². The van der Waals surface area contributed by atoms with Crippen molar-refractivity contribution in [1.82, 2.24) is 10.7 Å². The first-order chi connectivity index (χ1) is 19.2. The van der Waals surface area contributed by atoms with Crippen molar-refractivity contribution in [3.63, 3.8) is 0 Å². The number of carbonyl (C=O) groups is 2. The molecule has 2 N–H and O–H groups in total. The highest BCUT2D eigenvalue weighted by Gasteiger charge is 2.25. The van der Waals surface area contributed by atoms with Crippen molar-refractivity contribution in [3.8, 4) is 11.5 Å². The van der Waals surface area contributed by atoms with Crippen molar-refractivity contribution in [2.45, 2.75) is 11.8 Å². The molecule has 2 amide bonds. The molecule has 0 heterocycles. The lowest BCUT2D eigenvalue weighted by Crippen LogP contribution is -2.47. The van der Waals surface area contributed by atoms with Crippen LogP contribution in [-0.4, -0.2) is 53.9 Å². The van der Waals surface area contributed by atoms with Crippen molar-refractivity contribution in [2.75, 3.05) is 20.0 Å².